The minimum atomic E-state index is -0.374. The molecule has 0 aromatic rings. The molecule has 0 bridgehead atoms. The summed E-state index contributed by atoms with van der Waals surface area (Å²) in [6, 6.07) is 0.810. The number of rotatable bonds is 3. The Labute approximate surface area is 80.9 Å². The van der Waals surface area contributed by atoms with Gasteiger partial charge in [0.15, 0.2) is 0 Å². The lowest BCUT2D eigenvalue weighted by atomic mass is 9.99. The van der Waals surface area contributed by atoms with Gasteiger partial charge in [-0.15, -0.1) is 0 Å². The van der Waals surface area contributed by atoms with Crippen LogP contribution in [0.2, 0.25) is 0 Å². The largest absolute Gasteiger partial charge is 0.390 e. The van der Waals surface area contributed by atoms with Crippen molar-refractivity contribution in [3.05, 3.63) is 0 Å². The van der Waals surface area contributed by atoms with Gasteiger partial charge in [-0.2, -0.15) is 0 Å². The zero-order valence-electron chi connectivity index (χ0n) is 8.74. The molecule has 0 radical (unpaired) electrons. The molecule has 3 nitrogen and oxygen atoms in total. The van der Waals surface area contributed by atoms with E-state index in [-0.39, 0.29) is 12.1 Å². The molecule has 0 spiro atoms. The van der Waals surface area contributed by atoms with Crippen LogP contribution in [0.4, 0.5) is 0 Å². The molecule has 3 N–H and O–H groups in total. The molecule has 0 saturated carbocycles. The van der Waals surface area contributed by atoms with Crippen LogP contribution < -0.4 is 5.73 Å². The molecule has 3 atom stereocenters. The lowest BCUT2D eigenvalue weighted by Gasteiger charge is -2.39. The number of nitrogens with zero attached hydrogens (tertiary/aromatic N) is 1. The number of hydrogen-bond acceptors (Lipinski definition) is 3. The van der Waals surface area contributed by atoms with Gasteiger partial charge in [-0.3, -0.25) is 4.90 Å². The maximum absolute atomic E-state index is 9.63. The van der Waals surface area contributed by atoms with E-state index >= 15 is 0 Å². The Kier molecular flexibility index (Phi) is 4.16. The van der Waals surface area contributed by atoms with Crippen molar-refractivity contribution < 1.29 is 5.11 Å². The maximum Gasteiger partial charge on any atom is 0.0814 e. The molecule has 1 rings (SSSR count). The summed E-state index contributed by atoms with van der Waals surface area (Å²) < 4.78 is 0. The van der Waals surface area contributed by atoms with Gasteiger partial charge in [0.25, 0.3) is 0 Å². The Morgan fingerprint density at radius 2 is 2.23 bits per heavy atom. The zero-order valence-corrected chi connectivity index (χ0v) is 8.74. The first-order valence-corrected chi connectivity index (χ1v) is 5.30. The molecule has 1 fully saturated rings. The second kappa shape index (κ2) is 4.94. The van der Waals surface area contributed by atoms with E-state index in [1.807, 2.05) is 0 Å². The highest BCUT2D eigenvalue weighted by Crippen LogP contribution is 2.20. The van der Waals surface area contributed by atoms with Crippen molar-refractivity contribution >= 4 is 0 Å². The predicted octanol–water partition coefficient (Wildman–Crippen LogP) is 0.569. The zero-order chi connectivity index (χ0) is 9.84. The average molecular weight is 186 g/mol. The fourth-order valence-corrected chi connectivity index (χ4v) is 2.14. The fourth-order valence-electron chi connectivity index (χ4n) is 2.14. The topological polar surface area (TPSA) is 49.5 Å². The third-order valence-electron chi connectivity index (χ3n) is 3.18. The first kappa shape index (κ1) is 11.0. The standard InChI is InChI=1S/C10H22N2O/c1-8-5-3-4-6-12(8)9(2)10(13)7-11/h8-10,13H,3-7,11H2,1-2H3. The Morgan fingerprint density at radius 1 is 1.54 bits per heavy atom. The number of nitrogens with two attached hydrogens (primary N) is 1. The van der Waals surface area contributed by atoms with Crippen LogP contribution in [0.1, 0.15) is 33.1 Å². The summed E-state index contributed by atoms with van der Waals surface area (Å²) >= 11 is 0. The van der Waals surface area contributed by atoms with Crippen molar-refractivity contribution in [1.29, 1.82) is 0 Å². The Bertz CT molecular complexity index is 152. The van der Waals surface area contributed by atoms with Gasteiger partial charge in [0.2, 0.25) is 0 Å². The molecule has 1 heterocycles. The van der Waals surface area contributed by atoms with Gasteiger partial charge in [0.05, 0.1) is 6.10 Å². The normalized spacial score (nSPS) is 30.0. The summed E-state index contributed by atoms with van der Waals surface area (Å²) in [4.78, 5) is 2.38. The van der Waals surface area contributed by atoms with Crippen LogP contribution in [0.15, 0.2) is 0 Å². The first-order chi connectivity index (χ1) is 6.16. The molecular weight excluding hydrogens is 164 g/mol. The number of aliphatic hydroxyl groups is 1. The highest BCUT2D eigenvalue weighted by Gasteiger charge is 2.26. The lowest BCUT2D eigenvalue weighted by Crippen LogP contribution is -2.50. The third-order valence-corrected chi connectivity index (χ3v) is 3.18. The molecule has 0 aromatic carbocycles. The summed E-state index contributed by atoms with van der Waals surface area (Å²) in [5.41, 5.74) is 5.45. The van der Waals surface area contributed by atoms with Gasteiger partial charge in [0, 0.05) is 18.6 Å². The van der Waals surface area contributed by atoms with Crippen LogP contribution in [-0.4, -0.2) is 41.3 Å². The SMILES string of the molecule is CC1CCCCN1C(C)C(O)CN. The molecule has 1 aliphatic rings. The second-order valence-electron chi connectivity index (χ2n) is 4.13. The molecule has 78 valence electrons. The minimum absolute atomic E-state index is 0.209. The summed E-state index contributed by atoms with van der Waals surface area (Å²) in [7, 11) is 0. The minimum Gasteiger partial charge on any atom is -0.390 e. The summed E-state index contributed by atoms with van der Waals surface area (Å²) in [5.74, 6) is 0. The van der Waals surface area contributed by atoms with Crippen LogP contribution in [0.3, 0.4) is 0 Å². The van der Waals surface area contributed by atoms with Crippen LogP contribution in [-0.2, 0) is 0 Å². The Balaban J connectivity index is 2.47. The van der Waals surface area contributed by atoms with E-state index < -0.39 is 0 Å². The quantitative estimate of drug-likeness (QED) is 0.677. The molecule has 3 heteroatoms. The fraction of sp³-hybridized carbons (Fsp3) is 1.00. The monoisotopic (exact) mass is 186 g/mol. The molecular formula is C10H22N2O. The van der Waals surface area contributed by atoms with Crippen molar-refractivity contribution in [2.45, 2.75) is 51.3 Å². The van der Waals surface area contributed by atoms with Gasteiger partial charge in [-0.1, -0.05) is 6.42 Å². The van der Waals surface area contributed by atoms with Crippen LogP contribution in [0.5, 0.6) is 0 Å². The maximum atomic E-state index is 9.63. The van der Waals surface area contributed by atoms with Crippen molar-refractivity contribution in [3.8, 4) is 0 Å². The number of hydrogen-bond donors (Lipinski definition) is 2. The van der Waals surface area contributed by atoms with E-state index in [0.29, 0.717) is 12.6 Å². The summed E-state index contributed by atoms with van der Waals surface area (Å²) in [6.45, 7) is 5.78. The smallest absolute Gasteiger partial charge is 0.0814 e. The molecule has 0 aromatic heterocycles. The Hall–Kier alpha value is -0.120. The van der Waals surface area contributed by atoms with E-state index in [4.69, 9.17) is 5.73 Å². The van der Waals surface area contributed by atoms with Crippen LogP contribution in [0, 0.1) is 0 Å². The average Bonchev–Trinajstić information content (AvgIpc) is 2.16. The van der Waals surface area contributed by atoms with Gasteiger partial charge in [0.1, 0.15) is 0 Å². The van der Waals surface area contributed by atoms with E-state index in [2.05, 4.69) is 18.7 Å². The van der Waals surface area contributed by atoms with Crippen LogP contribution in [0.25, 0.3) is 0 Å². The number of likely N-dealkylation sites (tertiary alicyclic amines) is 1. The van der Waals surface area contributed by atoms with Gasteiger partial charge in [-0.05, 0) is 33.2 Å². The molecule has 0 amide bonds. The van der Waals surface area contributed by atoms with Crippen molar-refractivity contribution in [1.82, 2.24) is 4.90 Å². The van der Waals surface area contributed by atoms with E-state index in [9.17, 15) is 5.11 Å². The van der Waals surface area contributed by atoms with Gasteiger partial charge in [-0.25, -0.2) is 0 Å². The number of piperidine rings is 1. The molecule has 1 saturated heterocycles. The van der Waals surface area contributed by atoms with E-state index in [1.165, 1.54) is 19.3 Å². The predicted molar refractivity (Wildman–Crippen MR) is 54.5 cm³/mol. The van der Waals surface area contributed by atoms with E-state index in [0.717, 1.165) is 6.54 Å². The van der Waals surface area contributed by atoms with Crippen LogP contribution >= 0.6 is 0 Å². The van der Waals surface area contributed by atoms with Crippen molar-refractivity contribution in [3.63, 3.8) is 0 Å². The highest BCUT2D eigenvalue weighted by atomic mass is 16.3. The Morgan fingerprint density at radius 3 is 2.77 bits per heavy atom. The van der Waals surface area contributed by atoms with Gasteiger partial charge >= 0.3 is 0 Å². The highest BCUT2D eigenvalue weighted by molar-refractivity contribution is 4.82. The molecule has 13 heavy (non-hydrogen) atoms. The van der Waals surface area contributed by atoms with Crippen molar-refractivity contribution in [2.75, 3.05) is 13.1 Å². The first-order valence-electron chi connectivity index (χ1n) is 5.30. The van der Waals surface area contributed by atoms with E-state index in [1.54, 1.807) is 0 Å². The van der Waals surface area contributed by atoms with Crippen molar-refractivity contribution in [2.24, 2.45) is 5.73 Å². The summed E-state index contributed by atoms with van der Waals surface area (Å²) in [5, 5.41) is 9.63. The number of aliphatic hydroxyl groups excluding tert-OH is 1. The molecule has 1 aliphatic heterocycles. The summed E-state index contributed by atoms with van der Waals surface area (Å²) in [6.07, 6.45) is 3.46. The molecule has 0 aliphatic carbocycles. The lowest BCUT2D eigenvalue weighted by molar-refractivity contribution is 0.0261. The second-order valence-corrected chi connectivity index (χ2v) is 4.13. The van der Waals surface area contributed by atoms with Gasteiger partial charge < -0.3 is 10.8 Å². The third kappa shape index (κ3) is 2.66. The molecule has 3 unspecified atom stereocenters.